The van der Waals surface area contributed by atoms with Crippen molar-refractivity contribution in [2.75, 3.05) is 0 Å². The maximum Gasteiger partial charge on any atom is 0.132 e. The van der Waals surface area contributed by atoms with E-state index in [0.717, 1.165) is 24.3 Å². The zero-order valence-corrected chi connectivity index (χ0v) is 11.1. The van der Waals surface area contributed by atoms with Crippen molar-refractivity contribution in [3.05, 3.63) is 41.8 Å². The maximum atomic E-state index is 14.2. The van der Waals surface area contributed by atoms with Crippen LogP contribution in [0.3, 0.4) is 0 Å². The summed E-state index contributed by atoms with van der Waals surface area (Å²) in [6.07, 6.45) is 4.20. The van der Waals surface area contributed by atoms with Gasteiger partial charge in [0.05, 0.1) is 5.69 Å². The average Bonchev–Trinajstić information content (AvgIpc) is 3.13. The van der Waals surface area contributed by atoms with Crippen molar-refractivity contribution in [1.82, 2.24) is 15.1 Å². The lowest BCUT2D eigenvalue weighted by atomic mass is 10.1. The highest BCUT2D eigenvalue weighted by atomic mass is 19.1. The summed E-state index contributed by atoms with van der Waals surface area (Å²) in [6, 6.07) is 7.95. The first-order chi connectivity index (χ1) is 9.28. The Morgan fingerprint density at radius 1 is 1.37 bits per heavy atom. The largest absolute Gasteiger partial charge is 0.310 e. The second-order valence-corrected chi connectivity index (χ2v) is 5.00. The van der Waals surface area contributed by atoms with Gasteiger partial charge in [-0.2, -0.15) is 5.10 Å². The van der Waals surface area contributed by atoms with Gasteiger partial charge in [0.1, 0.15) is 5.82 Å². The highest BCUT2D eigenvalue weighted by molar-refractivity contribution is 5.60. The van der Waals surface area contributed by atoms with Gasteiger partial charge >= 0.3 is 0 Å². The highest BCUT2D eigenvalue weighted by Gasteiger charge is 2.20. The molecule has 0 radical (unpaired) electrons. The predicted octanol–water partition coefficient (Wildman–Crippen LogP) is 2.96. The van der Waals surface area contributed by atoms with Crippen LogP contribution in [0.1, 0.15) is 25.3 Å². The summed E-state index contributed by atoms with van der Waals surface area (Å²) in [5.74, 6) is -0.176. The third kappa shape index (κ3) is 2.68. The molecule has 4 heteroatoms. The molecule has 1 aliphatic carbocycles. The number of hydrogen-bond donors (Lipinski definition) is 1. The molecule has 0 atom stereocenters. The Morgan fingerprint density at radius 2 is 2.21 bits per heavy atom. The Hall–Kier alpha value is -1.68. The van der Waals surface area contributed by atoms with Gasteiger partial charge in [0.2, 0.25) is 0 Å². The van der Waals surface area contributed by atoms with Gasteiger partial charge in [-0.1, -0.05) is 6.07 Å². The summed E-state index contributed by atoms with van der Waals surface area (Å²) in [4.78, 5) is 0. The van der Waals surface area contributed by atoms with E-state index in [0.29, 0.717) is 11.6 Å². The second-order valence-electron chi connectivity index (χ2n) is 5.00. The first kappa shape index (κ1) is 12.4. The van der Waals surface area contributed by atoms with Crippen LogP contribution in [0.2, 0.25) is 0 Å². The number of benzene rings is 1. The van der Waals surface area contributed by atoms with Crippen molar-refractivity contribution in [2.45, 2.75) is 38.9 Å². The Labute approximate surface area is 112 Å². The van der Waals surface area contributed by atoms with Crippen molar-refractivity contribution in [1.29, 1.82) is 0 Å². The summed E-state index contributed by atoms with van der Waals surface area (Å²) in [5, 5.41) is 7.57. The lowest BCUT2D eigenvalue weighted by molar-refractivity contribution is 0.615. The lowest BCUT2D eigenvalue weighted by Gasteiger charge is -2.08. The number of hydrogen-bond acceptors (Lipinski definition) is 2. The van der Waals surface area contributed by atoms with E-state index in [-0.39, 0.29) is 5.82 Å². The van der Waals surface area contributed by atoms with E-state index < -0.39 is 0 Å². The molecule has 19 heavy (non-hydrogen) atoms. The van der Waals surface area contributed by atoms with Crippen LogP contribution in [0.15, 0.2) is 30.5 Å². The topological polar surface area (TPSA) is 29.9 Å². The fourth-order valence-corrected chi connectivity index (χ4v) is 2.24. The van der Waals surface area contributed by atoms with Crippen LogP contribution in [0, 0.1) is 5.82 Å². The first-order valence-corrected chi connectivity index (χ1v) is 6.82. The highest BCUT2D eigenvalue weighted by Crippen LogP contribution is 2.24. The molecule has 100 valence electrons. The monoisotopic (exact) mass is 259 g/mol. The van der Waals surface area contributed by atoms with E-state index in [4.69, 9.17) is 0 Å². The number of rotatable bonds is 5. The molecule has 0 saturated heterocycles. The Kier molecular flexibility index (Phi) is 3.34. The lowest BCUT2D eigenvalue weighted by Crippen LogP contribution is -2.15. The van der Waals surface area contributed by atoms with E-state index in [9.17, 15) is 4.39 Å². The third-order valence-corrected chi connectivity index (χ3v) is 3.50. The van der Waals surface area contributed by atoms with Crippen molar-refractivity contribution in [3.63, 3.8) is 0 Å². The van der Waals surface area contributed by atoms with Gasteiger partial charge in [-0.05, 0) is 43.5 Å². The minimum atomic E-state index is -0.176. The smallest absolute Gasteiger partial charge is 0.132 e. The van der Waals surface area contributed by atoms with Crippen molar-refractivity contribution < 1.29 is 4.39 Å². The van der Waals surface area contributed by atoms with E-state index in [1.54, 1.807) is 16.9 Å². The standard InChI is InChI=1S/C15H18FN3/c1-2-19-15(7-8-18-19)13-6-3-11(9-14(13)16)10-17-12-4-5-12/h3,6-9,12,17H,2,4-5,10H2,1H3. The van der Waals surface area contributed by atoms with Crippen LogP contribution in [0.25, 0.3) is 11.3 Å². The molecular formula is C15H18FN3. The Balaban J connectivity index is 1.82. The molecule has 1 aromatic carbocycles. The average molecular weight is 259 g/mol. The number of nitrogens with one attached hydrogen (secondary N) is 1. The van der Waals surface area contributed by atoms with E-state index >= 15 is 0 Å². The number of halogens is 1. The third-order valence-electron chi connectivity index (χ3n) is 3.50. The van der Waals surface area contributed by atoms with Crippen LogP contribution in [0.4, 0.5) is 4.39 Å². The van der Waals surface area contributed by atoms with Gasteiger partial charge < -0.3 is 5.32 Å². The van der Waals surface area contributed by atoms with Crippen LogP contribution in [-0.4, -0.2) is 15.8 Å². The second kappa shape index (κ2) is 5.13. The summed E-state index contributed by atoms with van der Waals surface area (Å²) >= 11 is 0. The van der Waals surface area contributed by atoms with Crippen molar-refractivity contribution in [3.8, 4) is 11.3 Å². The normalized spacial score (nSPS) is 14.8. The number of aryl methyl sites for hydroxylation is 1. The van der Waals surface area contributed by atoms with Crippen LogP contribution in [-0.2, 0) is 13.1 Å². The molecule has 3 rings (SSSR count). The maximum absolute atomic E-state index is 14.2. The van der Waals surface area contributed by atoms with Gasteiger partial charge in [-0.3, -0.25) is 4.68 Å². The zero-order chi connectivity index (χ0) is 13.2. The minimum absolute atomic E-state index is 0.176. The number of nitrogens with zero attached hydrogens (tertiary/aromatic N) is 2. The van der Waals surface area contributed by atoms with Crippen LogP contribution < -0.4 is 5.32 Å². The van der Waals surface area contributed by atoms with Gasteiger partial charge in [0.15, 0.2) is 0 Å². The molecule has 1 heterocycles. The molecule has 1 fully saturated rings. The van der Waals surface area contributed by atoms with Gasteiger partial charge in [0.25, 0.3) is 0 Å². The molecule has 0 amide bonds. The van der Waals surface area contributed by atoms with Gasteiger partial charge in [-0.25, -0.2) is 4.39 Å². The molecule has 1 N–H and O–H groups in total. The molecular weight excluding hydrogens is 241 g/mol. The SMILES string of the molecule is CCn1nccc1-c1ccc(CNC2CC2)cc1F. The molecule has 0 spiro atoms. The summed E-state index contributed by atoms with van der Waals surface area (Å²) in [5.41, 5.74) is 2.45. The van der Waals surface area contributed by atoms with Crippen LogP contribution >= 0.6 is 0 Å². The Bertz CT molecular complexity index is 573. The van der Waals surface area contributed by atoms with Crippen molar-refractivity contribution in [2.24, 2.45) is 0 Å². The quantitative estimate of drug-likeness (QED) is 0.894. The van der Waals surface area contributed by atoms with E-state index in [1.165, 1.54) is 12.8 Å². The summed E-state index contributed by atoms with van der Waals surface area (Å²) < 4.78 is 16.0. The fourth-order valence-electron chi connectivity index (χ4n) is 2.24. The van der Waals surface area contributed by atoms with Gasteiger partial charge in [0, 0.05) is 30.9 Å². The molecule has 2 aromatic rings. The molecule has 0 unspecified atom stereocenters. The molecule has 1 saturated carbocycles. The molecule has 1 aromatic heterocycles. The molecule has 0 bridgehead atoms. The molecule has 1 aliphatic rings. The molecule has 0 aliphatic heterocycles. The fraction of sp³-hybridized carbons (Fsp3) is 0.400. The van der Waals surface area contributed by atoms with Crippen LogP contribution in [0.5, 0.6) is 0 Å². The zero-order valence-electron chi connectivity index (χ0n) is 11.1. The summed E-state index contributed by atoms with van der Waals surface area (Å²) in [7, 11) is 0. The molecule has 3 nitrogen and oxygen atoms in total. The minimum Gasteiger partial charge on any atom is -0.310 e. The van der Waals surface area contributed by atoms with E-state index in [1.807, 2.05) is 25.1 Å². The first-order valence-electron chi connectivity index (χ1n) is 6.82. The van der Waals surface area contributed by atoms with Crippen molar-refractivity contribution >= 4 is 0 Å². The predicted molar refractivity (Wildman–Crippen MR) is 73.2 cm³/mol. The number of aromatic nitrogens is 2. The Morgan fingerprint density at radius 3 is 2.89 bits per heavy atom. The summed E-state index contributed by atoms with van der Waals surface area (Å²) in [6.45, 7) is 3.49. The van der Waals surface area contributed by atoms with Gasteiger partial charge in [-0.15, -0.1) is 0 Å². The van der Waals surface area contributed by atoms with E-state index in [2.05, 4.69) is 10.4 Å².